The Hall–Kier alpha value is -2.43. The van der Waals surface area contributed by atoms with Crippen LogP contribution in [-0.4, -0.2) is 8.42 Å². The second kappa shape index (κ2) is 5.83. The average molecular weight is 349 g/mol. The molecule has 4 rings (SSSR count). The molecule has 126 valence electrons. The molecule has 1 unspecified atom stereocenters. The monoisotopic (exact) mass is 349 g/mol. The topological polar surface area (TPSA) is 46.2 Å². The Kier molecular flexibility index (Phi) is 3.74. The Labute approximate surface area is 148 Å². The maximum absolute atomic E-state index is 13.0. The van der Waals surface area contributed by atoms with Crippen molar-refractivity contribution in [2.24, 2.45) is 0 Å². The van der Waals surface area contributed by atoms with Crippen molar-refractivity contribution in [2.45, 2.75) is 24.8 Å². The summed E-state index contributed by atoms with van der Waals surface area (Å²) in [5.41, 5.74) is 5.90. The Bertz CT molecular complexity index is 1070. The Morgan fingerprint density at radius 3 is 2.24 bits per heavy atom. The molecule has 1 aliphatic heterocycles. The minimum absolute atomic E-state index is 0.328. The van der Waals surface area contributed by atoms with Gasteiger partial charge in [-0.3, -0.25) is 0 Å². The van der Waals surface area contributed by atoms with E-state index in [9.17, 15) is 8.42 Å². The van der Waals surface area contributed by atoms with Crippen LogP contribution in [0.3, 0.4) is 0 Å². The minimum Gasteiger partial charge on any atom is -0.207 e. The van der Waals surface area contributed by atoms with E-state index >= 15 is 0 Å². The lowest BCUT2D eigenvalue weighted by Gasteiger charge is -2.21. The molecule has 4 heteroatoms. The average Bonchev–Trinajstić information content (AvgIpc) is 2.69. The highest BCUT2D eigenvalue weighted by molar-refractivity contribution is 7.89. The van der Waals surface area contributed by atoms with Gasteiger partial charge in [-0.2, -0.15) is 4.72 Å². The summed E-state index contributed by atoms with van der Waals surface area (Å²) in [5, 5.41) is 0. The first kappa shape index (κ1) is 16.1. The third-order valence-electron chi connectivity index (χ3n) is 4.75. The SMILES string of the molecule is Cc1ccc(C2NS(=O)(=O)c3ccccc3-c3ccccc32)c(C)c1. The van der Waals surface area contributed by atoms with Gasteiger partial charge in [0.15, 0.2) is 0 Å². The first-order valence-electron chi connectivity index (χ1n) is 8.25. The summed E-state index contributed by atoms with van der Waals surface area (Å²) in [6, 6.07) is 20.8. The summed E-state index contributed by atoms with van der Waals surface area (Å²) in [6.07, 6.45) is 0. The largest absolute Gasteiger partial charge is 0.242 e. The molecule has 0 aliphatic carbocycles. The number of hydrogen-bond donors (Lipinski definition) is 1. The van der Waals surface area contributed by atoms with Crippen molar-refractivity contribution in [1.29, 1.82) is 0 Å². The van der Waals surface area contributed by atoms with E-state index in [4.69, 9.17) is 0 Å². The number of nitrogens with one attached hydrogen (secondary N) is 1. The van der Waals surface area contributed by atoms with Gasteiger partial charge in [0, 0.05) is 5.56 Å². The number of hydrogen-bond acceptors (Lipinski definition) is 2. The lowest BCUT2D eigenvalue weighted by Crippen LogP contribution is -2.28. The van der Waals surface area contributed by atoms with Crippen LogP contribution in [0.4, 0.5) is 0 Å². The van der Waals surface area contributed by atoms with E-state index in [0.29, 0.717) is 4.90 Å². The molecule has 25 heavy (non-hydrogen) atoms. The van der Waals surface area contributed by atoms with E-state index in [1.54, 1.807) is 12.1 Å². The molecule has 0 radical (unpaired) electrons. The zero-order chi connectivity index (χ0) is 17.6. The van der Waals surface area contributed by atoms with Crippen molar-refractivity contribution in [2.75, 3.05) is 0 Å². The molecule has 1 atom stereocenters. The van der Waals surface area contributed by atoms with E-state index in [1.165, 1.54) is 0 Å². The van der Waals surface area contributed by atoms with Crippen molar-refractivity contribution < 1.29 is 8.42 Å². The van der Waals surface area contributed by atoms with Crippen LogP contribution in [0.2, 0.25) is 0 Å². The van der Waals surface area contributed by atoms with Crippen LogP contribution in [0, 0.1) is 13.8 Å². The highest BCUT2D eigenvalue weighted by Crippen LogP contribution is 2.40. The van der Waals surface area contributed by atoms with E-state index < -0.39 is 16.1 Å². The smallest absolute Gasteiger partial charge is 0.207 e. The fourth-order valence-electron chi connectivity index (χ4n) is 3.58. The normalized spacial score (nSPS) is 18.1. The number of aryl methyl sites for hydroxylation is 2. The van der Waals surface area contributed by atoms with Crippen LogP contribution in [0.5, 0.6) is 0 Å². The van der Waals surface area contributed by atoms with E-state index in [-0.39, 0.29) is 0 Å². The van der Waals surface area contributed by atoms with E-state index in [0.717, 1.165) is 33.4 Å². The van der Waals surface area contributed by atoms with E-state index in [2.05, 4.69) is 10.8 Å². The summed E-state index contributed by atoms with van der Waals surface area (Å²) in [6.45, 7) is 4.06. The van der Waals surface area contributed by atoms with Gasteiger partial charge in [0.05, 0.1) is 10.9 Å². The number of rotatable bonds is 1. The van der Waals surface area contributed by atoms with Crippen molar-refractivity contribution in [1.82, 2.24) is 4.72 Å². The lowest BCUT2D eigenvalue weighted by molar-refractivity contribution is 0.574. The molecule has 0 bridgehead atoms. The van der Waals surface area contributed by atoms with Gasteiger partial charge in [0.2, 0.25) is 10.0 Å². The molecule has 3 aromatic carbocycles. The van der Waals surface area contributed by atoms with Gasteiger partial charge in [-0.25, -0.2) is 8.42 Å². The highest BCUT2D eigenvalue weighted by atomic mass is 32.2. The minimum atomic E-state index is -3.62. The van der Waals surface area contributed by atoms with Crippen LogP contribution >= 0.6 is 0 Å². The van der Waals surface area contributed by atoms with Crippen molar-refractivity contribution in [3.63, 3.8) is 0 Å². The molecule has 0 saturated heterocycles. The molecule has 0 saturated carbocycles. The van der Waals surface area contributed by atoms with Crippen molar-refractivity contribution >= 4 is 10.0 Å². The molecule has 3 aromatic rings. The molecule has 1 aliphatic rings. The number of benzene rings is 3. The van der Waals surface area contributed by atoms with Crippen LogP contribution in [0.25, 0.3) is 11.1 Å². The fraction of sp³-hybridized carbons (Fsp3) is 0.143. The van der Waals surface area contributed by atoms with Crippen LogP contribution in [0.1, 0.15) is 28.3 Å². The second-order valence-electron chi connectivity index (χ2n) is 6.50. The van der Waals surface area contributed by atoms with E-state index in [1.807, 2.05) is 62.4 Å². The van der Waals surface area contributed by atoms with Crippen molar-refractivity contribution in [3.05, 3.63) is 89.0 Å². The van der Waals surface area contributed by atoms with Crippen LogP contribution in [-0.2, 0) is 10.0 Å². The number of fused-ring (bicyclic) bond motifs is 3. The molecule has 1 heterocycles. The summed E-state index contributed by atoms with van der Waals surface area (Å²) in [7, 11) is -3.62. The second-order valence-corrected chi connectivity index (χ2v) is 8.18. The molecule has 0 aromatic heterocycles. The first-order valence-corrected chi connectivity index (χ1v) is 9.73. The molecule has 0 amide bonds. The summed E-state index contributed by atoms with van der Waals surface area (Å²) in [5.74, 6) is 0. The number of sulfonamides is 1. The molecule has 0 fully saturated rings. The first-order chi connectivity index (χ1) is 12.0. The maximum Gasteiger partial charge on any atom is 0.242 e. The summed E-state index contributed by atoms with van der Waals surface area (Å²) >= 11 is 0. The molecular formula is C21H19NO2S. The summed E-state index contributed by atoms with van der Waals surface area (Å²) in [4.78, 5) is 0.328. The van der Waals surface area contributed by atoms with Gasteiger partial charge in [-0.15, -0.1) is 0 Å². The Balaban J connectivity index is 2.03. The highest BCUT2D eigenvalue weighted by Gasteiger charge is 2.31. The lowest BCUT2D eigenvalue weighted by atomic mass is 9.89. The standard InChI is InChI=1S/C21H19NO2S/c1-14-11-12-16(15(2)13-14)21-19-9-4-3-7-17(19)18-8-5-6-10-20(18)25(23,24)22-21/h3-13,21-22H,1-2H3. The third-order valence-corrected chi connectivity index (χ3v) is 6.23. The molecule has 1 N–H and O–H groups in total. The quantitative estimate of drug-likeness (QED) is 0.710. The maximum atomic E-state index is 13.0. The molecular weight excluding hydrogens is 330 g/mol. The Morgan fingerprint density at radius 1 is 0.800 bits per heavy atom. The Morgan fingerprint density at radius 2 is 1.48 bits per heavy atom. The van der Waals surface area contributed by atoms with Gasteiger partial charge in [0.25, 0.3) is 0 Å². The zero-order valence-electron chi connectivity index (χ0n) is 14.2. The predicted octanol–water partition coefficient (Wildman–Crippen LogP) is 4.35. The van der Waals surface area contributed by atoms with Gasteiger partial charge < -0.3 is 0 Å². The van der Waals surface area contributed by atoms with Gasteiger partial charge in [-0.05, 0) is 42.2 Å². The third kappa shape index (κ3) is 2.68. The van der Waals surface area contributed by atoms with Crippen molar-refractivity contribution in [3.8, 4) is 11.1 Å². The van der Waals surface area contributed by atoms with Gasteiger partial charge in [-0.1, -0.05) is 66.2 Å². The van der Waals surface area contributed by atoms with Crippen LogP contribution < -0.4 is 4.72 Å². The van der Waals surface area contributed by atoms with Crippen LogP contribution in [0.15, 0.2) is 71.6 Å². The van der Waals surface area contributed by atoms with Gasteiger partial charge in [0.1, 0.15) is 0 Å². The molecule has 0 spiro atoms. The molecule has 3 nitrogen and oxygen atoms in total. The van der Waals surface area contributed by atoms with Gasteiger partial charge >= 0.3 is 0 Å². The summed E-state index contributed by atoms with van der Waals surface area (Å²) < 4.78 is 28.9. The fourth-order valence-corrected chi connectivity index (χ4v) is 5.00. The predicted molar refractivity (Wildman–Crippen MR) is 100.0 cm³/mol. The zero-order valence-corrected chi connectivity index (χ0v) is 15.0.